The Hall–Kier alpha value is -1.20. The molecule has 0 atom stereocenters. The highest BCUT2D eigenvalue weighted by atomic mass is 32.1. The van der Waals surface area contributed by atoms with Gasteiger partial charge in [-0.3, -0.25) is 0 Å². The third-order valence-corrected chi connectivity index (χ3v) is 2.20. The molecule has 1 N–H and O–H groups in total. The van der Waals surface area contributed by atoms with Crippen LogP contribution in [0, 0.1) is 4.84 Å². The zero-order chi connectivity index (χ0) is 10.4. The molecule has 0 radical (unpaired) electrons. The first-order chi connectivity index (χ1) is 6.77. The van der Waals surface area contributed by atoms with Gasteiger partial charge in [0.05, 0.1) is 4.88 Å². The molecule has 2 rings (SSSR count). The molecule has 0 amide bonds. The van der Waals surface area contributed by atoms with Crippen LogP contribution in [0.5, 0.6) is 0 Å². The molecule has 5 heteroatoms. The van der Waals surface area contributed by atoms with Gasteiger partial charge in [-0.2, -0.15) is 0 Å². The van der Waals surface area contributed by atoms with Crippen molar-refractivity contribution in [2.24, 2.45) is 0 Å². The van der Waals surface area contributed by atoms with E-state index in [1.807, 2.05) is 24.4 Å². The van der Waals surface area contributed by atoms with Crippen molar-refractivity contribution in [2.75, 3.05) is 0 Å². The molecule has 2 aromatic rings. The maximum Gasteiger partial charge on any atom is 0.284 e. The highest BCUT2D eigenvalue weighted by Gasteiger charge is 2.02. The Balaban J connectivity index is 0.000000293. The fourth-order valence-corrected chi connectivity index (χ4v) is 1.51. The number of nitrogens with one attached hydrogen (secondary N) is 1. The number of aromatic amines is 1. The van der Waals surface area contributed by atoms with E-state index in [0.717, 1.165) is 4.88 Å². The molecular formula is C9H10N2OS2. The summed E-state index contributed by atoms with van der Waals surface area (Å²) in [5.74, 6) is 0.560. The molecule has 3 nitrogen and oxygen atoms in total. The third kappa shape index (κ3) is 2.93. The van der Waals surface area contributed by atoms with E-state index in [1.54, 1.807) is 17.4 Å². The third-order valence-electron chi connectivity index (χ3n) is 1.17. The molecule has 0 aliphatic carbocycles. The maximum atomic E-state index is 5.09. The van der Waals surface area contributed by atoms with Gasteiger partial charge in [0.1, 0.15) is 0 Å². The lowest BCUT2D eigenvalue weighted by molar-refractivity contribution is 0.553. The molecule has 0 aliphatic rings. The fourth-order valence-electron chi connectivity index (χ4n) is 0.736. The summed E-state index contributed by atoms with van der Waals surface area (Å²) in [4.78, 5) is 1.30. The van der Waals surface area contributed by atoms with Gasteiger partial charge < -0.3 is 4.42 Å². The van der Waals surface area contributed by atoms with Crippen molar-refractivity contribution >= 4 is 23.6 Å². The van der Waals surface area contributed by atoms with E-state index in [-0.39, 0.29) is 0 Å². The molecular weight excluding hydrogens is 216 g/mol. The summed E-state index contributed by atoms with van der Waals surface area (Å²) in [7, 11) is 0. The van der Waals surface area contributed by atoms with Crippen LogP contribution in [0.25, 0.3) is 10.8 Å². The summed E-state index contributed by atoms with van der Waals surface area (Å²) in [6, 6.07) is 3.87. The van der Waals surface area contributed by atoms with Gasteiger partial charge in [0, 0.05) is 0 Å². The van der Waals surface area contributed by atoms with Crippen LogP contribution in [0.1, 0.15) is 6.92 Å². The summed E-state index contributed by atoms with van der Waals surface area (Å²) in [6.45, 7) is 5.25. The quantitative estimate of drug-likeness (QED) is 0.596. The van der Waals surface area contributed by atoms with Crippen LogP contribution in [-0.4, -0.2) is 10.2 Å². The second kappa shape index (κ2) is 5.51. The van der Waals surface area contributed by atoms with Crippen molar-refractivity contribution in [3.05, 3.63) is 35.0 Å². The van der Waals surface area contributed by atoms with E-state index in [9.17, 15) is 0 Å². The van der Waals surface area contributed by atoms with Gasteiger partial charge in [0.2, 0.25) is 0 Å². The second-order valence-electron chi connectivity index (χ2n) is 2.30. The highest BCUT2D eigenvalue weighted by Crippen LogP contribution is 2.21. The Morgan fingerprint density at radius 2 is 2.43 bits per heavy atom. The Morgan fingerprint density at radius 3 is 2.86 bits per heavy atom. The van der Waals surface area contributed by atoms with Crippen LogP contribution in [0.15, 0.2) is 34.6 Å². The predicted molar refractivity (Wildman–Crippen MR) is 60.9 cm³/mol. The molecule has 0 unspecified atom stereocenters. The summed E-state index contributed by atoms with van der Waals surface area (Å²) in [5, 5.41) is 8.40. The van der Waals surface area contributed by atoms with Gasteiger partial charge in [-0.1, -0.05) is 12.1 Å². The van der Waals surface area contributed by atoms with E-state index in [0.29, 0.717) is 10.7 Å². The van der Waals surface area contributed by atoms with E-state index >= 15 is 0 Å². The van der Waals surface area contributed by atoms with Gasteiger partial charge in [-0.25, -0.2) is 5.10 Å². The van der Waals surface area contributed by atoms with Crippen LogP contribution in [-0.2, 0) is 0 Å². The van der Waals surface area contributed by atoms with Gasteiger partial charge in [0.25, 0.3) is 10.7 Å². The molecule has 0 fully saturated rings. The molecule has 2 aromatic heterocycles. The molecule has 2 heterocycles. The normalized spacial score (nSPS) is 8.93. The Kier molecular flexibility index (Phi) is 4.28. The minimum atomic E-state index is 0.313. The zero-order valence-electron chi connectivity index (χ0n) is 7.69. The molecule has 0 saturated heterocycles. The number of hydrogen-bond acceptors (Lipinski definition) is 4. The van der Waals surface area contributed by atoms with Crippen molar-refractivity contribution < 1.29 is 4.42 Å². The first kappa shape index (κ1) is 10.9. The SMILES string of the molecule is C=CC.S=c1[nH]nc(-c2cccs2)o1. The fraction of sp³-hybridized carbons (Fsp3) is 0.111. The van der Waals surface area contributed by atoms with Crippen LogP contribution in [0.4, 0.5) is 0 Å². The average molecular weight is 226 g/mol. The van der Waals surface area contributed by atoms with E-state index in [4.69, 9.17) is 16.6 Å². The van der Waals surface area contributed by atoms with Gasteiger partial charge in [-0.15, -0.1) is 23.0 Å². The number of rotatable bonds is 1. The smallest absolute Gasteiger partial charge is 0.284 e. The average Bonchev–Trinajstić information content (AvgIpc) is 2.74. The summed E-state index contributed by atoms with van der Waals surface area (Å²) >= 11 is 6.29. The summed E-state index contributed by atoms with van der Waals surface area (Å²) in [6.07, 6.45) is 1.75. The standard InChI is InChI=1S/C6H4N2OS2.C3H6/c10-6-8-7-5(9-6)4-2-1-3-11-4;1-3-2/h1-3H,(H,8,10);3H,1H2,2H3. The topological polar surface area (TPSA) is 41.8 Å². The minimum absolute atomic E-state index is 0.313. The van der Waals surface area contributed by atoms with Crippen molar-refractivity contribution in [3.63, 3.8) is 0 Å². The molecule has 0 bridgehead atoms. The molecule has 0 saturated carbocycles. The van der Waals surface area contributed by atoms with Crippen LogP contribution < -0.4 is 0 Å². The number of thiophene rings is 1. The first-order valence-corrected chi connectivity index (χ1v) is 5.23. The van der Waals surface area contributed by atoms with Crippen molar-refractivity contribution in [1.29, 1.82) is 0 Å². The van der Waals surface area contributed by atoms with Gasteiger partial charge >= 0.3 is 0 Å². The van der Waals surface area contributed by atoms with Crippen LogP contribution >= 0.6 is 23.6 Å². The van der Waals surface area contributed by atoms with E-state index in [1.165, 1.54) is 0 Å². The zero-order valence-corrected chi connectivity index (χ0v) is 9.32. The van der Waals surface area contributed by atoms with E-state index in [2.05, 4.69) is 16.8 Å². The van der Waals surface area contributed by atoms with Crippen molar-refractivity contribution in [2.45, 2.75) is 6.92 Å². The molecule has 0 aliphatic heterocycles. The van der Waals surface area contributed by atoms with E-state index < -0.39 is 0 Å². The summed E-state index contributed by atoms with van der Waals surface area (Å²) in [5.41, 5.74) is 0. The maximum absolute atomic E-state index is 5.09. The van der Waals surface area contributed by atoms with Crippen LogP contribution in [0.2, 0.25) is 0 Å². The number of allylic oxidation sites excluding steroid dienone is 1. The molecule has 14 heavy (non-hydrogen) atoms. The van der Waals surface area contributed by atoms with Crippen molar-refractivity contribution in [1.82, 2.24) is 10.2 Å². The Labute approximate surface area is 91.1 Å². The molecule has 0 spiro atoms. The number of aromatic nitrogens is 2. The van der Waals surface area contributed by atoms with Crippen molar-refractivity contribution in [3.8, 4) is 10.8 Å². The predicted octanol–water partition coefficient (Wildman–Crippen LogP) is 3.65. The summed E-state index contributed by atoms with van der Waals surface area (Å²) < 4.78 is 5.09. The Bertz CT molecular complexity index is 428. The second-order valence-corrected chi connectivity index (χ2v) is 3.62. The number of hydrogen-bond donors (Lipinski definition) is 1. The van der Waals surface area contributed by atoms with Gasteiger partial charge in [-0.05, 0) is 30.6 Å². The lowest BCUT2D eigenvalue weighted by atomic mass is 10.5. The lowest BCUT2D eigenvalue weighted by Crippen LogP contribution is -1.69. The molecule has 74 valence electrons. The Morgan fingerprint density at radius 1 is 1.71 bits per heavy atom. The van der Waals surface area contributed by atoms with Crippen LogP contribution in [0.3, 0.4) is 0 Å². The first-order valence-electron chi connectivity index (χ1n) is 3.94. The lowest BCUT2D eigenvalue weighted by Gasteiger charge is -1.81. The largest absolute Gasteiger partial charge is 0.408 e. The minimum Gasteiger partial charge on any atom is -0.408 e. The van der Waals surface area contributed by atoms with Gasteiger partial charge in [0.15, 0.2) is 0 Å². The number of nitrogens with zero attached hydrogens (tertiary/aromatic N) is 1. The highest BCUT2D eigenvalue weighted by molar-refractivity contribution is 7.71. The molecule has 0 aromatic carbocycles. The monoisotopic (exact) mass is 226 g/mol. The number of H-pyrrole nitrogens is 1.